The van der Waals surface area contributed by atoms with Gasteiger partial charge in [0, 0.05) is 0 Å². The first-order valence-electron chi connectivity index (χ1n) is 3.76. The van der Waals surface area contributed by atoms with E-state index in [-0.39, 0.29) is 5.56 Å². The van der Waals surface area contributed by atoms with E-state index >= 15 is 0 Å². The summed E-state index contributed by atoms with van der Waals surface area (Å²) in [4.78, 5) is 0. The zero-order chi connectivity index (χ0) is 9.61. The topological polar surface area (TPSA) is 20.2 Å². The van der Waals surface area contributed by atoms with Crippen LogP contribution in [0.1, 0.15) is 19.4 Å². The molecular weight excluding hydrogens is 162 g/mol. The molecule has 0 saturated heterocycles. The highest BCUT2D eigenvalue weighted by molar-refractivity contribution is 5.17. The molecule has 3 heteroatoms. The Morgan fingerprint density at radius 1 is 1.08 bits per heavy atom. The number of alkyl halides is 2. The third kappa shape index (κ3) is 3.44. The Bertz CT molecular complexity index is 204. The Kier molecular flexibility index (Phi) is 4.44. The summed E-state index contributed by atoms with van der Waals surface area (Å²) in [6.45, 7) is 4.00. The quantitative estimate of drug-likeness (QED) is 0.694. The Balaban J connectivity index is 0.000000561. The smallest absolute Gasteiger partial charge is 0.332 e. The molecule has 68 valence electrons. The number of aliphatic hydroxyl groups is 1. The molecule has 1 aromatic carbocycles. The number of rotatable bonds is 1. The van der Waals surface area contributed by atoms with E-state index in [1.54, 1.807) is 6.07 Å². The summed E-state index contributed by atoms with van der Waals surface area (Å²) in [5.41, 5.74) is -0.380. The zero-order valence-electron chi connectivity index (χ0n) is 7.09. The van der Waals surface area contributed by atoms with Gasteiger partial charge >= 0.3 is 6.11 Å². The fourth-order valence-corrected chi connectivity index (χ4v) is 0.639. The van der Waals surface area contributed by atoms with Crippen LogP contribution in [0.4, 0.5) is 8.78 Å². The Labute approximate surface area is 70.7 Å². The molecule has 0 amide bonds. The van der Waals surface area contributed by atoms with Gasteiger partial charge in [0.15, 0.2) is 0 Å². The first-order valence-corrected chi connectivity index (χ1v) is 3.76. The number of benzene rings is 1. The Hall–Kier alpha value is -0.960. The molecule has 1 N–H and O–H groups in total. The number of hydrogen-bond acceptors (Lipinski definition) is 1. The molecule has 0 bridgehead atoms. The molecule has 1 rings (SSSR count). The van der Waals surface area contributed by atoms with Gasteiger partial charge in [-0.1, -0.05) is 44.2 Å². The second-order valence-corrected chi connectivity index (χ2v) is 1.91. The molecule has 0 atom stereocenters. The fourth-order valence-electron chi connectivity index (χ4n) is 0.639. The molecule has 12 heavy (non-hydrogen) atoms. The fraction of sp³-hybridized carbons (Fsp3) is 0.333. The summed E-state index contributed by atoms with van der Waals surface area (Å²) < 4.78 is 24.0. The maximum absolute atomic E-state index is 12.0. The minimum atomic E-state index is -3.71. The van der Waals surface area contributed by atoms with Crippen molar-refractivity contribution >= 4 is 0 Å². The standard InChI is InChI=1S/C7H6F2O.C2H6/c8-7(9,10)6-4-2-1-3-5-6;1-2/h1-5,10H;1-2H3. The van der Waals surface area contributed by atoms with Gasteiger partial charge < -0.3 is 5.11 Å². The van der Waals surface area contributed by atoms with E-state index in [2.05, 4.69) is 0 Å². The van der Waals surface area contributed by atoms with Crippen LogP contribution in [0.5, 0.6) is 0 Å². The summed E-state index contributed by atoms with van der Waals surface area (Å²) in [6.07, 6.45) is -3.71. The normalized spacial score (nSPS) is 10.1. The predicted molar refractivity (Wildman–Crippen MR) is 43.9 cm³/mol. The molecule has 0 spiro atoms. The van der Waals surface area contributed by atoms with Crippen LogP contribution in [-0.2, 0) is 6.11 Å². The monoisotopic (exact) mass is 174 g/mol. The minimum absolute atomic E-state index is 0.380. The van der Waals surface area contributed by atoms with Crippen LogP contribution in [0.3, 0.4) is 0 Å². The van der Waals surface area contributed by atoms with Crippen molar-refractivity contribution in [3.8, 4) is 0 Å². The summed E-state index contributed by atoms with van der Waals surface area (Å²) in [7, 11) is 0. The lowest BCUT2D eigenvalue weighted by molar-refractivity contribution is -0.208. The van der Waals surface area contributed by atoms with Crippen molar-refractivity contribution in [3.63, 3.8) is 0 Å². The number of halogens is 2. The van der Waals surface area contributed by atoms with Crippen molar-refractivity contribution in [1.29, 1.82) is 0 Å². The third-order valence-corrected chi connectivity index (χ3v) is 1.12. The van der Waals surface area contributed by atoms with Crippen molar-refractivity contribution in [2.24, 2.45) is 0 Å². The highest BCUT2D eigenvalue weighted by Gasteiger charge is 2.26. The summed E-state index contributed by atoms with van der Waals surface area (Å²) in [5.74, 6) is 0. The van der Waals surface area contributed by atoms with Gasteiger partial charge in [0.25, 0.3) is 0 Å². The molecular formula is C9H12F2O. The van der Waals surface area contributed by atoms with Gasteiger partial charge in [0.1, 0.15) is 0 Å². The van der Waals surface area contributed by atoms with Gasteiger partial charge in [0.05, 0.1) is 5.56 Å². The summed E-state index contributed by atoms with van der Waals surface area (Å²) in [6, 6.07) is 6.83. The molecule has 0 saturated carbocycles. The molecule has 1 nitrogen and oxygen atoms in total. The maximum Gasteiger partial charge on any atom is 0.380 e. The third-order valence-electron chi connectivity index (χ3n) is 1.12. The van der Waals surface area contributed by atoms with Gasteiger partial charge in [-0.25, -0.2) is 0 Å². The van der Waals surface area contributed by atoms with Crippen molar-refractivity contribution in [2.75, 3.05) is 0 Å². The highest BCUT2D eigenvalue weighted by atomic mass is 19.3. The average Bonchev–Trinajstić information content (AvgIpc) is 2.08. The van der Waals surface area contributed by atoms with E-state index in [0.29, 0.717) is 0 Å². The van der Waals surface area contributed by atoms with Crippen molar-refractivity contribution in [1.82, 2.24) is 0 Å². The van der Waals surface area contributed by atoms with Gasteiger partial charge in [-0.15, -0.1) is 0 Å². The first kappa shape index (κ1) is 11.0. The van der Waals surface area contributed by atoms with Gasteiger partial charge in [-0.3, -0.25) is 0 Å². The molecule has 0 aliphatic heterocycles. The molecule has 0 heterocycles. The van der Waals surface area contributed by atoms with Gasteiger partial charge in [-0.05, 0) is 0 Å². The SMILES string of the molecule is CC.OC(F)(F)c1ccccc1. The molecule has 0 aliphatic carbocycles. The van der Waals surface area contributed by atoms with E-state index < -0.39 is 6.11 Å². The van der Waals surface area contributed by atoms with Crippen LogP contribution in [-0.4, -0.2) is 5.11 Å². The lowest BCUT2D eigenvalue weighted by Crippen LogP contribution is -2.10. The van der Waals surface area contributed by atoms with Gasteiger partial charge in [-0.2, -0.15) is 8.78 Å². The van der Waals surface area contributed by atoms with E-state index in [0.717, 1.165) is 0 Å². The maximum atomic E-state index is 12.0. The van der Waals surface area contributed by atoms with Crippen LogP contribution in [0, 0.1) is 0 Å². The van der Waals surface area contributed by atoms with E-state index in [9.17, 15) is 8.78 Å². The largest absolute Gasteiger partial charge is 0.380 e. The van der Waals surface area contributed by atoms with Crippen LogP contribution in [0.2, 0.25) is 0 Å². The predicted octanol–water partition coefficient (Wildman–Crippen LogP) is 2.75. The van der Waals surface area contributed by atoms with E-state index in [1.807, 2.05) is 13.8 Å². The van der Waals surface area contributed by atoms with Crippen molar-refractivity contribution in [2.45, 2.75) is 20.0 Å². The average molecular weight is 174 g/mol. The van der Waals surface area contributed by atoms with Crippen LogP contribution in [0.15, 0.2) is 30.3 Å². The first-order chi connectivity index (χ1) is 5.61. The lowest BCUT2D eigenvalue weighted by atomic mass is 10.2. The van der Waals surface area contributed by atoms with Gasteiger partial charge in [0.2, 0.25) is 0 Å². The van der Waals surface area contributed by atoms with Crippen LogP contribution >= 0.6 is 0 Å². The van der Waals surface area contributed by atoms with E-state index in [1.165, 1.54) is 24.3 Å². The summed E-state index contributed by atoms with van der Waals surface area (Å²) >= 11 is 0. The molecule has 0 fully saturated rings. The van der Waals surface area contributed by atoms with Crippen LogP contribution in [0.25, 0.3) is 0 Å². The highest BCUT2D eigenvalue weighted by Crippen LogP contribution is 2.22. The minimum Gasteiger partial charge on any atom is -0.332 e. The lowest BCUT2D eigenvalue weighted by Gasteiger charge is -2.06. The zero-order valence-corrected chi connectivity index (χ0v) is 7.09. The molecule has 0 radical (unpaired) electrons. The molecule has 0 aromatic heterocycles. The molecule has 0 unspecified atom stereocenters. The van der Waals surface area contributed by atoms with Crippen molar-refractivity contribution < 1.29 is 13.9 Å². The Morgan fingerprint density at radius 2 is 1.50 bits per heavy atom. The Morgan fingerprint density at radius 3 is 1.75 bits per heavy atom. The molecule has 1 aromatic rings. The van der Waals surface area contributed by atoms with E-state index in [4.69, 9.17) is 5.11 Å². The second-order valence-electron chi connectivity index (χ2n) is 1.91. The second kappa shape index (κ2) is 4.83. The number of hydrogen-bond donors (Lipinski definition) is 1. The summed E-state index contributed by atoms with van der Waals surface area (Å²) in [5, 5.41) is 8.16. The molecule has 0 aliphatic rings. The van der Waals surface area contributed by atoms with Crippen LogP contribution < -0.4 is 0 Å². The van der Waals surface area contributed by atoms with Crippen molar-refractivity contribution in [3.05, 3.63) is 35.9 Å².